The van der Waals surface area contributed by atoms with Crippen molar-refractivity contribution in [1.29, 1.82) is 0 Å². The number of nitrogens with zero attached hydrogens (tertiary/aromatic N) is 1. The van der Waals surface area contributed by atoms with Gasteiger partial charge in [0.05, 0.1) is 6.42 Å². The summed E-state index contributed by atoms with van der Waals surface area (Å²) in [5.74, 6) is -1.02. The van der Waals surface area contributed by atoms with Gasteiger partial charge in [0.1, 0.15) is 0 Å². The van der Waals surface area contributed by atoms with E-state index in [1.807, 2.05) is 6.92 Å². The van der Waals surface area contributed by atoms with E-state index < -0.39 is 5.97 Å². The number of carbonyl (C=O) groups is 2. The molecule has 4 nitrogen and oxygen atoms in total. The summed E-state index contributed by atoms with van der Waals surface area (Å²) in [6, 6.07) is -0.263. The van der Waals surface area contributed by atoms with E-state index in [-0.39, 0.29) is 18.4 Å². The van der Waals surface area contributed by atoms with Gasteiger partial charge in [-0.3, -0.25) is 9.59 Å². The predicted octanol–water partition coefficient (Wildman–Crippen LogP) is 1.27. The van der Waals surface area contributed by atoms with Crippen LogP contribution in [0.1, 0.15) is 27.2 Å². The zero-order valence-electron chi connectivity index (χ0n) is 8.86. The summed E-state index contributed by atoms with van der Waals surface area (Å²) in [4.78, 5) is 23.4. The first-order valence-corrected chi connectivity index (χ1v) is 4.68. The van der Waals surface area contributed by atoms with E-state index in [1.165, 1.54) is 11.0 Å². The van der Waals surface area contributed by atoms with Gasteiger partial charge in [-0.2, -0.15) is 0 Å². The Hall–Kier alpha value is -1.32. The highest BCUT2D eigenvalue weighted by atomic mass is 16.4. The average molecular weight is 199 g/mol. The summed E-state index contributed by atoms with van der Waals surface area (Å²) >= 11 is 0. The van der Waals surface area contributed by atoms with Crippen LogP contribution in [-0.2, 0) is 9.59 Å². The molecule has 1 atom stereocenters. The molecule has 0 aromatic carbocycles. The van der Waals surface area contributed by atoms with Gasteiger partial charge in [-0.25, -0.2) is 0 Å². The molecule has 14 heavy (non-hydrogen) atoms. The summed E-state index contributed by atoms with van der Waals surface area (Å²) in [5.41, 5.74) is 0. The summed E-state index contributed by atoms with van der Waals surface area (Å²) < 4.78 is 0. The Balaban J connectivity index is 4.39. The normalized spacial score (nSPS) is 12.8. The zero-order chi connectivity index (χ0) is 11.1. The molecule has 0 radical (unpaired) electrons. The van der Waals surface area contributed by atoms with E-state index in [0.29, 0.717) is 6.54 Å². The van der Waals surface area contributed by atoms with Crippen molar-refractivity contribution < 1.29 is 14.7 Å². The Morgan fingerprint density at radius 2 is 2.07 bits per heavy atom. The number of carboxylic acid groups (broad SMARTS) is 1. The van der Waals surface area contributed by atoms with Gasteiger partial charge in [0.2, 0.25) is 5.91 Å². The third kappa shape index (κ3) is 4.07. The lowest BCUT2D eigenvalue weighted by Gasteiger charge is -2.25. The Bertz CT molecular complexity index is 236. The topological polar surface area (TPSA) is 57.6 Å². The van der Waals surface area contributed by atoms with Gasteiger partial charge in [-0.1, -0.05) is 6.08 Å². The Labute approximate surface area is 84.2 Å². The number of aliphatic carboxylic acids is 1. The molecule has 0 aliphatic carbocycles. The van der Waals surface area contributed by atoms with Gasteiger partial charge >= 0.3 is 5.97 Å². The van der Waals surface area contributed by atoms with E-state index in [4.69, 9.17) is 5.11 Å². The van der Waals surface area contributed by atoms with E-state index in [2.05, 4.69) is 0 Å². The molecule has 0 aromatic heterocycles. The first-order valence-electron chi connectivity index (χ1n) is 4.68. The quantitative estimate of drug-likeness (QED) is 0.678. The van der Waals surface area contributed by atoms with Crippen molar-refractivity contribution in [2.75, 3.05) is 6.54 Å². The fraction of sp³-hybridized carbons (Fsp3) is 0.600. The molecule has 0 aromatic rings. The van der Waals surface area contributed by atoms with E-state index >= 15 is 0 Å². The lowest BCUT2D eigenvalue weighted by molar-refractivity contribution is -0.139. The molecule has 0 saturated carbocycles. The van der Waals surface area contributed by atoms with Crippen LogP contribution in [0.3, 0.4) is 0 Å². The molecule has 80 valence electrons. The summed E-state index contributed by atoms with van der Waals surface area (Å²) in [6.07, 6.45) is 3.08. The van der Waals surface area contributed by atoms with Crippen LogP contribution >= 0.6 is 0 Å². The smallest absolute Gasteiger partial charge is 0.305 e. The molecule has 0 fully saturated rings. The van der Waals surface area contributed by atoms with Gasteiger partial charge in [0.15, 0.2) is 0 Å². The predicted molar refractivity (Wildman–Crippen MR) is 53.9 cm³/mol. The zero-order valence-corrected chi connectivity index (χ0v) is 8.86. The summed E-state index contributed by atoms with van der Waals surface area (Å²) in [7, 11) is 0. The second-order valence-electron chi connectivity index (χ2n) is 3.07. The molecule has 1 N–H and O–H groups in total. The maximum atomic E-state index is 11.4. The number of likely N-dealkylation sites (N-methyl/N-ethyl adjacent to an activating group) is 1. The number of carbonyl (C=O) groups excluding carboxylic acids is 1. The lowest BCUT2D eigenvalue weighted by Crippen LogP contribution is -2.38. The molecular formula is C10H17NO3. The molecule has 0 spiro atoms. The third-order valence-corrected chi connectivity index (χ3v) is 1.94. The average Bonchev–Trinajstić information content (AvgIpc) is 2.04. The molecule has 0 aliphatic rings. The van der Waals surface area contributed by atoms with Crippen molar-refractivity contribution in [2.24, 2.45) is 0 Å². The molecule has 0 saturated heterocycles. The maximum absolute atomic E-state index is 11.4. The fourth-order valence-corrected chi connectivity index (χ4v) is 1.29. The van der Waals surface area contributed by atoms with Crippen molar-refractivity contribution in [2.45, 2.75) is 33.2 Å². The second-order valence-corrected chi connectivity index (χ2v) is 3.07. The number of rotatable bonds is 5. The summed E-state index contributed by atoms with van der Waals surface area (Å²) in [5, 5.41) is 8.58. The van der Waals surface area contributed by atoms with Crippen LogP contribution in [-0.4, -0.2) is 34.5 Å². The van der Waals surface area contributed by atoms with Crippen LogP contribution < -0.4 is 0 Å². The Morgan fingerprint density at radius 1 is 1.50 bits per heavy atom. The van der Waals surface area contributed by atoms with Gasteiger partial charge in [-0.15, -0.1) is 0 Å². The molecule has 1 unspecified atom stereocenters. The van der Waals surface area contributed by atoms with Crippen molar-refractivity contribution in [3.8, 4) is 0 Å². The Kier molecular flexibility index (Phi) is 5.60. The third-order valence-electron chi connectivity index (χ3n) is 1.94. The summed E-state index contributed by atoms with van der Waals surface area (Å²) in [6.45, 7) is 5.85. The second kappa shape index (κ2) is 6.18. The molecule has 1 amide bonds. The first kappa shape index (κ1) is 12.7. The molecule has 4 heteroatoms. The van der Waals surface area contributed by atoms with Gasteiger partial charge in [0, 0.05) is 12.6 Å². The molecule has 0 heterocycles. The fourth-order valence-electron chi connectivity index (χ4n) is 1.29. The van der Waals surface area contributed by atoms with Crippen molar-refractivity contribution in [3.05, 3.63) is 12.2 Å². The van der Waals surface area contributed by atoms with Crippen molar-refractivity contribution in [1.82, 2.24) is 4.90 Å². The van der Waals surface area contributed by atoms with Crippen LogP contribution in [0.4, 0.5) is 0 Å². The van der Waals surface area contributed by atoms with Crippen LogP contribution in [0.5, 0.6) is 0 Å². The van der Waals surface area contributed by atoms with Crippen LogP contribution in [0.2, 0.25) is 0 Å². The van der Waals surface area contributed by atoms with Crippen molar-refractivity contribution >= 4 is 11.9 Å². The number of allylic oxidation sites excluding steroid dienone is 1. The highest BCUT2D eigenvalue weighted by Gasteiger charge is 2.18. The lowest BCUT2D eigenvalue weighted by atomic mass is 10.2. The van der Waals surface area contributed by atoms with Crippen LogP contribution in [0, 0.1) is 0 Å². The molecule has 0 bridgehead atoms. The number of hydrogen-bond acceptors (Lipinski definition) is 2. The monoisotopic (exact) mass is 199 g/mol. The van der Waals surface area contributed by atoms with Crippen molar-refractivity contribution in [3.63, 3.8) is 0 Å². The van der Waals surface area contributed by atoms with E-state index in [1.54, 1.807) is 19.9 Å². The number of carboxylic acids is 1. The minimum absolute atomic E-state index is 0.0167. The molecule has 0 rings (SSSR count). The first-order chi connectivity index (χ1) is 6.52. The minimum Gasteiger partial charge on any atom is -0.481 e. The van der Waals surface area contributed by atoms with Crippen LogP contribution in [0.25, 0.3) is 0 Å². The van der Waals surface area contributed by atoms with E-state index in [9.17, 15) is 9.59 Å². The highest BCUT2D eigenvalue weighted by Crippen LogP contribution is 2.04. The SMILES string of the molecule is C/C=C/C(=O)N(CC)C(C)CC(=O)O. The van der Waals surface area contributed by atoms with Crippen LogP contribution in [0.15, 0.2) is 12.2 Å². The van der Waals surface area contributed by atoms with Gasteiger partial charge < -0.3 is 10.0 Å². The maximum Gasteiger partial charge on any atom is 0.305 e. The van der Waals surface area contributed by atoms with E-state index in [0.717, 1.165) is 0 Å². The van der Waals surface area contributed by atoms with Gasteiger partial charge in [-0.05, 0) is 26.8 Å². The number of hydrogen-bond donors (Lipinski definition) is 1. The highest BCUT2D eigenvalue weighted by molar-refractivity contribution is 5.88. The minimum atomic E-state index is -0.885. The Morgan fingerprint density at radius 3 is 2.43 bits per heavy atom. The molecule has 0 aliphatic heterocycles. The van der Waals surface area contributed by atoms with Gasteiger partial charge in [0.25, 0.3) is 0 Å². The standard InChI is InChI=1S/C10H17NO3/c1-4-6-9(12)11(5-2)8(3)7-10(13)14/h4,6,8H,5,7H2,1-3H3,(H,13,14)/b6-4+. The number of amides is 1. The molecular weight excluding hydrogens is 182 g/mol. The largest absolute Gasteiger partial charge is 0.481 e.